The van der Waals surface area contributed by atoms with Crippen LogP contribution >= 0.6 is 0 Å². The lowest BCUT2D eigenvalue weighted by atomic mass is 10.1. The standard InChI is InChI=1S/C20H17NO5/c1-12-5-3-4-6-14(12)19(22)21-15-11-13(7-8-17(15)25-2)16-9-10-18(26-16)20(23)24/h3-11H,1-2H3,(H,21,22)(H,23,24). The molecule has 0 atom stereocenters. The number of amides is 1. The molecule has 2 aromatic carbocycles. The van der Waals surface area contributed by atoms with E-state index in [1.807, 2.05) is 19.1 Å². The van der Waals surface area contributed by atoms with Gasteiger partial charge in [-0.2, -0.15) is 0 Å². The number of benzene rings is 2. The summed E-state index contributed by atoms with van der Waals surface area (Å²) in [6.45, 7) is 1.86. The number of hydrogen-bond donors (Lipinski definition) is 2. The third kappa shape index (κ3) is 3.44. The van der Waals surface area contributed by atoms with E-state index in [4.69, 9.17) is 14.3 Å². The SMILES string of the molecule is COc1ccc(-c2ccc(C(=O)O)o2)cc1NC(=O)c1ccccc1C. The number of methoxy groups -OCH3 is 1. The summed E-state index contributed by atoms with van der Waals surface area (Å²) in [5.41, 5.74) is 2.51. The van der Waals surface area contributed by atoms with Crippen molar-refractivity contribution in [3.05, 3.63) is 71.5 Å². The Morgan fingerprint density at radius 2 is 1.85 bits per heavy atom. The second kappa shape index (κ2) is 7.14. The van der Waals surface area contributed by atoms with Crippen LogP contribution < -0.4 is 10.1 Å². The normalized spacial score (nSPS) is 10.4. The van der Waals surface area contributed by atoms with Crippen molar-refractivity contribution in [1.82, 2.24) is 0 Å². The molecular weight excluding hydrogens is 334 g/mol. The third-order valence-corrected chi connectivity index (χ3v) is 3.94. The zero-order valence-electron chi connectivity index (χ0n) is 14.3. The minimum atomic E-state index is -1.14. The van der Waals surface area contributed by atoms with Crippen molar-refractivity contribution in [3.63, 3.8) is 0 Å². The zero-order chi connectivity index (χ0) is 18.7. The predicted octanol–water partition coefficient (Wildman–Crippen LogP) is 4.21. The van der Waals surface area contributed by atoms with Gasteiger partial charge >= 0.3 is 5.97 Å². The molecule has 6 nitrogen and oxygen atoms in total. The van der Waals surface area contributed by atoms with Gasteiger partial charge in [-0.15, -0.1) is 0 Å². The largest absolute Gasteiger partial charge is 0.495 e. The van der Waals surface area contributed by atoms with Gasteiger partial charge in [0.05, 0.1) is 12.8 Å². The summed E-state index contributed by atoms with van der Waals surface area (Å²) in [6.07, 6.45) is 0. The van der Waals surface area contributed by atoms with Crippen LogP contribution in [0.2, 0.25) is 0 Å². The highest BCUT2D eigenvalue weighted by molar-refractivity contribution is 6.06. The second-order valence-electron chi connectivity index (χ2n) is 5.65. The average Bonchev–Trinajstić information content (AvgIpc) is 3.12. The Kier molecular flexibility index (Phi) is 4.75. The molecular formula is C20H17NO5. The van der Waals surface area contributed by atoms with E-state index in [0.717, 1.165) is 5.56 Å². The molecule has 132 valence electrons. The molecule has 2 N–H and O–H groups in total. The molecule has 0 fully saturated rings. The van der Waals surface area contributed by atoms with Gasteiger partial charge in [0.25, 0.3) is 5.91 Å². The van der Waals surface area contributed by atoms with E-state index in [0.29, 0.717) is 28.3 Å². The molecule has 0 saturated carbocycles. The first kappa shape index (κ1) is 17.3. The van der Waals surface area contributed by atoms with E-state index in [2.05, 4.69) is 5.32 Å². The number of anilines is 1. The topological polar surface area (TPSA) is 88.8 Å². The third-order valence-electron chi connectivity index (χ3n) is 3.94. The van der Waals surface area contributed by atoms with E-state index < -0.39 is 5.97 Å². The van der Waals surface area contributed by atoms with Gasteiger partial charge in [-0.25, -0.2) is 4.79 Å². The minimum absolute atomic E-state index is 0.152. The van der Waals surface area contributed by atoms with Gasteiger partial charge < -0.3 is 19.6 Å². The van der Waals surface area contributed by atoms with Crippen LogP contribution in [0.3, 0.4) is 0 Å². The Labute approximate surface area is 150 Å². The summed E-state index contributed by atoms with van der Waals surface area (Å²) < 4.78 is 10.6. The predicted molar refractivity (Wildman–Crippen MR) is 96.8 cm³/mol. The Bertz CT molecular complexity index is 974. The van der Waals surface area contributed by atoms with Gasteiger partial charge in [-0.1, -0.05) is 18.2 Å². The summed E-state index contributed by atoms with van der Waals surface area (Å²) in [6, 6.07) is 15.3. The molecule has 1 aromatic heterocycles. The molecule has 0 aliphatic rings. The Balaban J connectivity index is 1.94. The van der Waals surface area contributed by atoms with Crippen LogP contribution in [0, 0.1) is 6.92 Å². The molecule has 0 saturated heterocycles. The maximum atomic E-state index is 12.6. The molecule has 1 heterocycles. The number of hydrogen-bond acceptors (Lipinski definition) is 4. The van der Waals surface area contributed by atoms with E-state index in [1.54, 1.807) is 36.4 Å². The van der Waals surface area contributed by atoms with E-state index >= 15 is 0 Å². The maximum Gasteiger partial charge on any atom is 0.371 e. The van der Waals surface area contributed by atoms with Gasteiger partial charge in [0.1, 0.15) is 11.5 Å². The number of aromatic carboxylic acids is 1. The number of furan rings is 1. The smallest absolute Gasteiger partial charge is 0.371 e. The first-order valence-corrected chi connectivity index (χ1v) is 7.88. The van der Waals surface area contributed by atoms with Crippen LogP contribution in [0.5, 0.6) is 5.75 Å². The quantitative estimate of drug-likeness (QED) is 0.719. The molecule has 0 aliphatic heterocycles. The molecule has 6 heteroatoms. The van der Waals surface area contributed by atoms with Crippen molar-refractivity contribution >= 4 is 17.6 Å². The van der Waals surface area contributed by atoms with Gasteiger partial charge in [0.15, 0.2) is 0 Å². The summed E-state index contributed by atoms with van der Waals surface area (Å²) in [5.74, 6) is -0.680. The molecule has 3 aromatic rings. The van der Waals surface area contributed by atoms with Crippen molar-refractivity contribution in [1.29, 1.82) is 0 Å². The first-order chi connectivity index (χ1) is 12.5. The van der Waals surface area contributed by atoms with E-state index in [1.165, 1.54) is 13.2 Å². The number of carbonyl (C=O) groups excluding carboxylic acids is 1. The fourth-order valence-electron chi connectivity index (χ4n) is 2.58. The number of ether oxygens (including phenoxy) is 1. The molecule has 26 heavy (non-hydrogen) atoms. The highest BCUT2D eigenvalue weighted by atomic mass is 16.5. The Morgan fingerprint density at radius 1 is 1.08 bits per heavy atom. The maximum absolute atomic E-state index is 12.6. The number of carboxylic acid groups (broad SMARTS) is 1. The highest BCUT2D eigenvalue weighted by Gasteiger charge is 2.15. The monoisotopic (exact) mass is 351 g/mol. The van der Waals surface area contributed by atoms with Crippen LogP contribution in [0.25, 0.3) is 11.3 Å². The summed E-state index contributed by atoms with van der Waals surface area (Å²) in [7, 11) is 1.51. The van der Waals surface area contributed by atoms with Crippen molar-refractivity contribution < 1.29 is 23.8 Å². The number of carboxylic acids is 1. The lowest BCUT2D eigenvalue weighted by Crippen LogP contribution is -2.14. The zero-order valence-corrected chi connectivity index (χ0v) is 14.3. The number of rotatable bonds is 5. The highest BCUT2D eigenvalue weighted by Crippen LogP contribution is 2.32. The van der Waals surface area contributed by atoms with Crippen molar-refractivity contribution in [2.24, 2.45) is 0 Å². The van der Waals surface area contributed by atoms with Crippen LogP contribution in [0.1, 0.15) is 26.5 Å². The molecule has 0 unspecified atom stereocenters. The minimum Gasteiger partial charge on any atom is -0.495 e. The molecule has 0 radical (unpaired) electrons. The van der Waals surface area contributed by atoms with Crippen LogP contribution in [0.15, 0.2) is 59.0 Å². The second-order valence-corrected chi connectivity index (χ2v) is 5.65. The van der Waals surface area contributed by atoms with Crippen molar-refractivity contribution in [2.45, 2.75) is 6.92 Å². The average molecular weight is 351 g/mol. The lowest BCUT2D eigenvalue weighted by Gasteiger charge is -2.12. The van der Waals surface area contributed by atoms with Gasteiger partial charge in [-0.3, -0.25) is 4.79 Å². The van der Waals surface area contributed by atoms with E-state index in [-0.39, 0.29) is 11.7 Å². The molecule has 1 amide bonds. The number of carbonyl (C=O) groups is 2. The van der Waals surface area contributed by atoms with Crippen molar-refractivity contribution in [3.8, 4) is 17.1 Å². The first-order valence-electron chi connectivity index (χ1n) is 7.88. The van der Waals surface area contributed by atoms with Crippen LogP contribution in [0.4, 0.5) is 5.69 Å². The summed E-state index contributed by atoms with van der Waals surface area (Å²) >= 11 is 0. The van der Waals surface area contributed by atoms with Crippen molar-refractivity contribution in [2.75, 3.05) is 12.4 Å². The molecule has 3 rings (SSSR count). The number of nitrogens with one attached hydrogen (secondary N) is 1. The summed E-state index contributed by atoms with van der Waals surface area (Å²) in [4.78, 5) is 23.6. The summed E-state index contributed by atoms with van der Waals surface area (Å²) in [5, 5.41) is 11.8. The Hall–Kier alpha value is -3.54. The fraction of sp³-hybridized carbons (Fsp3) is 0.100. The Morgan fingerprint density at radius 3 is 2.50 bits per heavy atom. The molecule has 0 bridgehead atoms. The van der Waals surface area contributed by atoms with Gasteiger partial charge in [0, 0.05) is 11.1 Å². The molecule has 0 spiro atoms. The van der Waals surface area contributed by atoms with Gasteiger partial charge in [-0.05, 0) is 48.9 Å². The van der Waals surface area contributed by atoms with Gasteiger partial charge in [0.2, 0.25) is 5.76 Å². The van der Waals surface area contributed by atoms with E-state index in [9.17, 15) is 9.59 Å². The van der Waals surface area contributed by atoms with Crippen LogP contribution in [-0.2, 0) is 0 Å². The van der Waals surface area contributed by atoms with Crippen LogP contribution in [-0.4, -0.2) is 24.1 Å². The number of aryl methyl sites for hydroxylation is 1. The fourth-order valence-corrected chi connectivity index (χ4v) is 2.58. The molecule has 0 aliphatic carbocycles. The lowest BCUT2D eigenvalue weighted by molar-refractivity contribution is 0.0663.